The van der Waals surface area contributed by atoms with Gasteiger partial charge in [-0.1, -0.05) is 32.4 Å². The largest absolute Gasteiger partial charge is 0.478 e. The molecule has 4 aliphatic rings. The SMILES string of the molecule is CC(=O)O[C@H]1C[C@@]2(C)[C@@H](C[C@@H](O)[C@H]3[C@@]4(C)CC[C@@H](O)[C@@H](N)[C@@H]4CC[C@@]32C)/C1=C(/C(=O)O)[C@H](N)C=C(C)C. The van der Waals surface area contributed by atoms with Crippen LogP contribution in [0.5, 0.6) is 0 Å². The number of carbonyl (C=O) groups is 2. The van der Waals surface area contributed by atoms with Crippen molar-refractivity contribution in [3.63, 3.8) is 0 Å². The first-order valence-corrected chi connectivity index (χ1v) is 13.7. The summed E-state index contributed by atoms with van der Waals surface area (Å²) < 4.78 is 5.82. The maximum absolute atomic E-state index is 12.7. The molecule has 208 valence electrons. The number of allylic oxidation sites excluding steroid dienone is 1. The van der Waals surface area contributed by atoms with E-state index in [1.165, 1.54) is 6.92 Å². The molecule has 0 heterocycles. The van der Waals surface area contributed by atoms with Crippen molar-refractivity contribution in [3.8, 4) is 0 Å². The van der Waals surface area contributed by atoms with E-state index >= 15 is 0 Å². The zero-order chi connectivity index (χ0) is 27.7. The maximum atomic E-state index is 12.7. The fraction of sp³-hybridized carbons (Fsp3) is 0.793. The van der Waals surface area contributed by atoms with Crippen LogP contribution in [-0.4, -0.2) is 57.7 Å². The zero-order valence-corrected chi connectivity index (χ0v) is 23.2. The number of ether oxygens (including phenoxy) is 1. The Labute approximate surface area is 220 Å². The molecule has 4 saturated carbocycles. The monoisotopic (exact) mass is 518 g/mol. The number of rotatable bonds is 4. The first kappa shape index (κ1) is 28.3. The summed E-state index contributed by atoms with van der Waals surface area (Å²) in [5.74, 6) is -1.85. The van der Waals surface area contributed by atoms with Crippen LogP contribution in [0, 0.1) is 34.0 Å². The maximum Gasteiger partial charge on any atom is 0.333 e. The molecule has 7 N–H and O–H groups in total. The van der Waals surface area contributed by atoms with E-state index in [4.69, 9.17) is 16.2 Å². The van der Waals surface area contributed by atoms with Crippen molar-refractivity contribution >= 4 is 11.9 Å². The van der Waals surface area contributed by atoms with Gasteiger partial charge in [0.1, 0.15) is 6.10 Å². The van der Waals surface area contributed by atoms with Gasteiger partial charge in [-0.05, 0) is 91.9 Å². The molecular formula is C29H46N2O6. The van der Waals surface area contributed by atoms with Crippen molar-refractivity contribution in [2.24, 2.45) is 45.5 Å². The van der Waals surface area contributed by atoms with Gasteiger partial charge in [-0.2, -0.15) is 0 Å². The molecule has 8 heteroatoms. The van der Waals surface area contributed by atoms with Crippen molar-refractivity contribution < 1.29 is 29.6 Å². The molecule has 0 saturated heterocycles. The summed E-state index contributed by atoms with van der Waals surface area (Å²) in [5.41, 5.74) is 13.5. The van der Waals surface area contributed by atoms with Gasteiger partial charge in [-0.3, -0.25) is 4.79 Å². The second-order valence-corrected chi connectivity index (χ2v) is 13.2. The topological polar surface area (TPSA) is 156 Å². The van der Waals surface area contributed by atoms with Crippen molar-refractivity contribution in [2.75, 3.05) is 0 Å². The third-order valence-corrected chi connectivity index (χ3v) is 11.1. The number of nitrogens with two attached hydrogens (primary N) is 2. The number of esters is 1. The Morgan fingerprint density at radius 1 is 1.05 bits per heavy atom. The second-order valence-electron chi connectivity index (χ2n) is 13.2. The quantitative estimate of drug-likeness (QED) is 0.216. The molecule has 8 nitrogen and oxygen atoms in total. The molecule has 37 heavy (non-hydrogen) atoms. The van der Waals surface area contributed by atoms with Gasteiger partial charge in [-0.25, -0.2) is 4.79 Å². The number of hydrogen-bond donors (Lipinski definition) is 5. The minimum atomic E-state index is -1.12. The molecule has 0 bridgehead atoms. The Hall–Kier alpha value is -1.74. The lowest BCUT2D eigenvalue weighted by atomic mass is 9.37. The van der Waals surface area contributed by atoms with Crippen molar-refractivity contribution in [2.45, 2.75) is 110 Å². The van der Waals surface area contributed by atoms with Crippen LogP contribution in [0.3, 0.4) is 0 Å². The van der Waals surface area contributed by atoms with Crippen molar-refractivity contribution in [1.29, 1.82) is 0 Å². The lowest BCUT2D eigenvalue weighted by Crippen LogP contribution is -2.67. The fourth-order valence-electron chi connectivity index (χ4n) is 9.46. The minimum absolute atomic E-state index is 0.0677. The van der Waals surface area contributed by atoms with Crippen LogP contribution in [0.1, 0.15) is 80.1 Å². The highest BCUT2D eigenvalue weighted by molar-refractivity contribution is 5.90. The molecule has 0 aliphatic heterocycles. The molecule has 0 amide bonds. The van der Waals surface area contributed by atoms with Crippen molar-refractivity contribution in [1.82, 2.24) is 0 Å². The number of carbonyl (C=O) groups excluding carboxylic acids is 1. The van der Waals surface area contributed by atoms with Gasteiger partial charge in [0.15, 0.2) is 0 Å². The van der Waals surface area contributed by atoms with Crippen LogP contribution < -0.4 is 11.5 Å². The first-order chi connectivity index (χ1) is 17.1. The molecule has 4 fully saturated rings. The van der Waals surface area contributed by atoms with Gasteiger partial charge >= 0.3 is 11.9 Å². The van der Waals surface area contributed by atoms with Crippen LogP contribution >= 0.6 is 0 Å². The number of carboxylic acid groups (broad SMARTS) is 1. The molecule has 4 rings (SSSR count). The van der Waals surface area contributed by atoms with Gasteiger partial charge in [0.2, 0.25) is 0 Å². The molecule has 0 unspecified atom stereocenters. The molecule has 0 aromatic rings. The molecule has 11 atom stereocenters. The van der Waals surface area contributed by atoms with Crippen LogP contribution in [0.4, 0.5) is 0 Å². The highest BCUT2D eigenvalue weighted by Crippen LogP contribution is 2.74. The Morgan fingerprint density at radius 2 is 1.70 bits per heavy atom. The van der Waals surface area contributed by atoms with Gasteiger partial charge < -0.3 is 31.5 Å². The van der Waals surface area contributed by atoms with E-state index in [1.54, 1.807) is 6.08 Å². The molecule has 4 aliphatic carbocycles. The predicted molar refractivity (Wildman–Crippen MR) is 140 cm³/mol. The Morgan fingerprint density at radius 3 is 2.27 bits per heavy atom. The predicted octanol–water partition coefficient (Wildman–Crippen LogP) is 2.90. The molecular weight excluding hydrogens is 472 g/mol. The number of fused-ring (bicyclic) bond motifs is 5. The minimum Gasteiger partial charge on any atom is -0.478 e. The van der Waals surface area contributed by atoms with Crippen LogP contribution in [0.2, 0.25) is 0 Å². The summed E-state index contributed by atoms with van der Waals surface area (Å²) >= 11 is 0. The Balaban J connectivity index is 1.88. The van der Waals surface area contributed by atoms with E-state index in [1.807, 2.05) is 13.8 Å². The fourth-order valence-corrected chi connectivity index (χ4v) is 9.46. The lowest BCUT2D eigenvalue weighted by Gasteiger charge is -2.68. The number of carboxylic acids is 1. The van der Waals surface area contributed by atoms with E-state index in [0.717, 1.165) is 24.8 Å². The lowest BCUT2D eigenvalue weighted by molar-refractivity contribution is -0.227. The molecule has 0 aromatic heterocycles. The average molecular weight is 519 g/mol. The summed E-state index contributed by atoms with van der Waals surface area (Å²) in [5, 5.41) is 32.7. The number of aliphatic carboxylic acids is 1. The summed E-state index contributed by atoms with van der Waals surface area (Å²) in [6.45, 7) is 11.7. The Kier molecular flexibility index (Phi) is 7.24. The molecule has 0 radical (unpaired) electrons. The summed E-state index contributed by atoms with van der Waals surface area (Å²) in [4.78, 5) is 24.9. The van der Waals surface area contributed by atoms with E-state index in [0.29, 0.717) is 24.8 Å². The van der Waals surface area contributed by atoms with E-state index in [2.05, 4.69) is 20.8 Å². The second kappa shape index (κ2) is 9.47. The molecule has 0 aromatic carbocycles. The number of aliphatic hydroxyl groups excluding tert-OH is 2. The van der Waals surface area contributed by atoms with Crippen LogP contribution in [0.25, 0.3) is 0 Å². The van der Waals surface area contributed by atoms with Crippen molar-refractivity contribution in [3.05, 3.63) is 22.8 Å². The van der Waals surface area contributed by atoms with E-state index in [9.17, 15) is 24.9 Å². The normalized spacial score (nSPS) is 47.1. The third-order valence-electron chi connectivity index (χ3n) is 11.1. The number of hydrogen-bond acceptors (Lipinski definition) is 7. The van der Waals surface area contributed by atoms with Gasteiger partial charge in [0, 0.05) is 13.0 Å². The van der Waals surface area contributed by atoms with Gasteiger partial charge in [0.05, 0.1) is 23.8 Å². The van der Waals surface area contributed by atoms with E-state index in [-0.39, 0.29) is 40.2 Å². The van der Waals surface area contributed by atoms with Crippen LogP contribution in [-0.2, 0) is 14.3 Å². The summed E-state index contributed by atoms with van der Waals surface area (Å²) in [6, 6.07) is -1.18. The van der Waals surface area contributed by atoms with Gasteiger partial charge in [0.25, 0.3) is 0 Å². The molecule has 0 spiro atoms. The summed E-state index contributed by atoms with van der Waals surface area (Å²) in [7, 11) is 0. The van der Waals surface area contributed by atoms with Gasteiger partial charge in [-0.15, -0.1) is 0 Å². The number of aliphatic hydroxyl groups is 2. The zero-order valence-electron chi connectivity index (χ0n) is 23.2. The average Bonchev–Trinajstić information content (AvgIpc) is 3.02. The standard InChI is InChI=1S/C29H46N2O6/c1-14(2)11-18(30)23(26(35)36)22-17-12-20(34)25-27(4)9-8-19(33)24(31)16(27)7-10-28(25,5)29(17,6)13-21(22)37-15(3)32/h11,16-21,24-25,33-34H,7-10,12-13,30-31H2,1-6H3,(H,35,36)/b23-22-/t16-,17-,18+,19+,20+,21-,24-,25-,27-,28-,29-/m0/s1. The van der Waals surface area contributed by atoms with Crippen LogP contribution in [0.15, 0.2) is 22.8 Å². The first-order valence-electron chi connectivity index (χ1n) is 13.7. The van der Waals surface area contributed by atoms with E-state index < -0.39 is 41.7 Å². The third kappa shape index (κ3) is 4.19. The Bertz CT molecular complexity index is 1020. The highest BCUT2D eigenvalue weighted by Gasteiger charge is 2.71. The summed E-state index contributed by atoms with van der Waals surface area (Å²) in [6.07, 6.45) is 3.68. The smallest absolute Gasteiger partial charge is 0.333 e. The highest BCUT2D eigenvalue weighted by atomic mass is 16.5.